The van der Waals surface area contributed by atoms with E-state index in [-0.39, 0.29) is 25.5 Å². The first-order valence-electron chi connectivity index (χ1n) is 8.70. The molecule has 138 valence electrons. The van der Waals surface area contributed by atoms with Crippen LogP contribution in [0.1, 0.15) is 5.56 Å². The summed E-state index contributed by atoms with van der Waals surface area (Å²) >= 11 is 0. The number of rotatable bonds is 7. The van der Waals surface area contributed by atoms with Crippen LogP contribution < -0.4 is 15.5 Å². The summed E-state index contributed by atoms with van der Waals surface area (Å²) in [5, 5.41) is 6.07. The van der Waals surface area contributed by atoms with Crippen LogP contribution >= 0.6 is 0 Å². The number of benzene rings is 2. The summed E-state index contributed by atoms with van der Waals surface area (Å²) in [6, 6.07) is 16.0. The minimum absolute atomic E-state index is 0.0563. The molecule has 0 spiro atoms. The molecule has 0 saturated carbocycles. The van der Waals surface area contributed by atoms with Crippen molar-refractivity contribution in [3.63, 3.8) is 0 Å². The average Bonchev–Trinajstić information content (AvgIpc) is 2.83. The number of carbonyl (C=O) groups excluding carboxylic acids is 2. The zero-order valence-corrected chi connectivity index (χ0v) is 14.8. The SMILES string of the molecule is O=BCN[C@H]1CNc2ccccc2N(CC(=O)OCc2ccccc2)C1=O. The van der Waals surface area contributed by atoms with Crippen LogP contribution in [0.5, 0.6) is 0 Å². The van der Waals surface area contributed by atoms with Crippen LogP contribution in [0, 0.1) is 0 Å². The van der Waals surface area contributed by atoms with Crippen LogP contribution in [-0.2, 0) is 25.6 Å². The molecule has 1 heterocycles. The van der Waals surface area contributed by atoms with Crippen LogP contribution in [0.25, 0.3) is 0 Å². The Balaban J connectivity index is 1.73. The molecule has 2 aromatic carbocycles. The Kier molecular flexibility index (Phi) is 6.33. The number of esters is 1. The molecule has 0 aliphatic carbocycles. The molecule has 1 aliphatic rings. The van der Waals surface area contributed by atoms with Gasteiger partial charge in [-0.25, -0.2) is 0 Å². The van der Waals surface area contributed by atoms with Crippen molar-refractivity contribution in [2.45, 2.75) is 12.6 Å². The van der Waals surface area contributed by atoms with E-state index in [0.717, 1.165) is 11.3 Å². The van der Waals surface area contributed by atoms with E-state index >= 15 is 0 Å². The van der Waals surface area contributed by atoms with E-state index in [9.17, 15) is 14.3 Å². The first-order valence-corrected chi connectivity index (χ1v) is 8.70. The molecule has 0 bridgehead atoms. The maximum atomic E-state index is 12.9. The van der Waals surface area contributed by atoms with Gasteiger partial charge in [-0.2, -0.15) is 0 Å². The minimum atomic E-state index is -0.621. The van der Waals surface area contributed by atoms with Gasteiger partial charge in [0.15, 0.2) is 0 Å². The van der Waals surface area contributed by atoms with Gasteiger partial charge in [-0.15, -0.1) is 0 Å². The fraction of sp³-hybridized carbons (Fsp3) is 0.263. The van der Waals surface area contributed by atoms with E-state index in [4.69, 9.17) is 4.74 Å². The Bertz CT molecular complexity index is 816. The molecule has 0 aromatic heterocycles. The standard InChI is InChI=1S/C19H20BN3O4/c24-18(27-12-14-6-2-1-3-7-14)11-23-17-9-5-4-8-15(17)21-10-16(19(23)25)22-13-20-26/h1-9,16,21-22H,10-13H2/t16-/m0/s1. The summed E-state index contributed by atoms with van der Waals surface area (Å²) in [4.78, 5) is 26.7. The van der Waals surface area contributed by atoms with Gasteiger partial charge >= 0.3 is 151 Å². The summed E-state index contributed by atoms with van der Waals surface area (Å²) in [6.07, 6.45) is 0.0563. The number of fused-ring (bicyclic) bond motifs is 1. The van der Waals surface area contributed by atoms with Gasteiger partial charge in [0.2, 0.25) is 0 Å². The molecule has 1 amide bonds. The number of ether oxygens (including phenoxy) is 1. The van der Waals surface area contributed by atoms with Crippen molar-refractivity contribution in [2.24, 2.45) is 0 Å². The molecule has 2 aromatic rings. The Morgan fingerprint density at radius 3 is 2.70 bits per heavy atom. The maximum absolute atomic E-state index is 12.9. The second-order valence-electron chi connectivity index (χ2n) is 6.10. The number of para-hydroxylation sites is 2. The molecule has 1 atom stereocenters. The van der Waals surface area contributed by atoms with Gasteiger partial charge in [-0.1, -0.05) is 6.07 Å². The normalized spacial score (nSPS) is 15.9. The third kappa shape index (κ3) is 4.80. The van der Waals surface area contributed by atoms with Crippen molar-refractivity contribution >= 4 is 30.4 Å². The van der Waals surface area contributed by atoms with Crippen LogP contribution in [0.2, 0.25) is 0 Å². The molecular weight excluding hydrogens is 345 g/mol. The first-order chi connectivity index (χ1) is 13.2. The number of hydrogen-bond donors (Lipinski definition) is 2. The van der Waals surface area contributed by atoms with Crippen LogP contribution in [0.3, 0.4) is 0 Å². The molecule has 0 radical (unpaired) electrons. The van der Waals surface area contributed by atoms with Crippen LogP contribution in [-0.4, -0.2) is 44.6 Å². The second kappa shape index (κ2) is 9.09. The number of amides is 1. The Morgan fingerprint density at radius 2 is 1.93 bits per heavy atom. The zero-order chi connectivity index (χ0) is 19.1. The molecular formula is C19H20BN3O4. The van der Waals surface area contributed by atoms with Gasteiger partial charge in [0, 0.05) is 0 Å². The monoisotopic (exact) mass is 365 g/mol. The van der Waals surface area contributed by atoms with Crippen molar-refractivity contribution in [3.05, 3.63) is 60.2 Å². The van der Waals surface area contributed by atoms with E-state index in [2.05, 4.69) is 10.6 Å². The van der Waals surface area contributed by atoms with Crippen molar-refractivity contribution in [1.29, 1.82) is 0 Å². The third-order valence-electron chi connectivity index (χ3n) is 4.23. The number of carbonyl (C=O) groups is 2. The molecule has 0 unspecified atom stereocenters. The fourth-order valence-electron chi connectivity index (χ4n) is 2.89. The molecule has 1 aliphatic heterocycles. The van der Waals surface area contributed by atoms with Gasteiger partial charge in [0.25, 0.3) is 0 Å². The van der Waals surface area contributed by atoms with E-state index in [1.165, 1.54) is 4.90 Å². The van der Waals surface area contributed by atoms with E-state index in [0.29, 0.717) is 19.4 Å². The Labute approximate surface area is 157 Å². The van der Waals surface area contributed by atoms with Crippen molar-refractivity contribution in [1.82, 2.24) is 5.32 Å². The molecule has 0 fully saturated rings. The number of hydrogen-bond acceptors (Lipinski definition) is 6. The second-order valence-corrected chi connectivity index (χ2v) is 6.10. The van der Waals surface area contributed by atoms with Crippen LogP contribution in [0.15, 0.2) is 54.6 Å². The quantitative estimate of drug-likeness (QED) is 0.566. The molecule has 8 heteroatoms. The summed E-state index contributed by atoms with van der Waals surface area (Å²) < 4.78 is 16.0. The van der Waals surface area contributed by atoms with E-state index in [1.54, 1.807) is 12.1 Å². The van der Waals surface area contributed by atoms with Crippen LogP contribution in [0.4, 0.5) is 11.4 Å². The third-order valence-corrected chi connectivity index (χ3v) is 4.23. The Morgan fingerprint density at radius 1 is 1.19 bits per heavy atom. The zero-order valence-electron chi connectivity index (χ0n) is 14.8. The van der Waals surface area contributed by atoms with Crippen molar-refractivity contribution < 1.29 is 19.0 Å². The summed E-state index contributed by atoms with van der Waals surface area (Å²) in [6.45, 7) is 0.261. The Hall–Kier alpha value is -3.00. The molecule has 27 heavy (non-hydrogen) atoms. The average molecular weight is 365 g/mol. The van der Waals surface area contributed by atoms with Gasteiger partial charge in [0.1, 0.15) is 0 Å². The van der Waals surface area contributed by atoms with E-state index < -0.39 is 12.0 Å². The van der Waals surface area contributed by atoms with Crippen molar-refractivity contribution in [2.75, 3.05) is 29.8 Å². The molecule has 2 N–H and O–H groups in total. The number of nitrogens with zero attached hydrogens (tertiary/aromatic N) is 1. The van der Waals surface area contributed by atoms with Gasteiger partial charge in [0.05, 0.1) is 0 Å². The van der Waals surface area contributed by atoms with Crippen molar-refractivity contribution in [3.8, 4) is 0 Å². The van der Waals surface area contributed by atoms with Gasteiger partial charge in [-0.3, -0.25) is 0 Å². The first kappa shape index (κ1) is 18.8. The van der Waals surface area contributed by atoms with Gasteiger partial charge < -0.3 is 0 Å². The number of anilines is 2. The molecule has 3 rings (SSSR count). The fourth-order valence-corrected chi connectivity index (χ4v) is 2.89. The topological polar surface area (TPSA) is 87.7 Å². The summed E-state index contributed by atoms with van der Waals surface area (Å²) in [5.74, 6) is -0.788. The summed E-state index contributed by atoms with van der Waals surface area (Å²) in [5.41, 5.74) is 2.23. The van der Waals surface area contributed by atoms with Gasteiger partial charge in [-0.05, 0) is 0 Å². The molecule has 7 nitrogen and oxygen atoms in total. The summed E-state index contributed by atoms with van der Waals surface area (Å²) in [7, 11) is 0.698. The predicted octanol–water partition coefficient (Wildman–Crippen LogP) is 1.15. The van der Waals surface area contributed by atoms with E-state index in [1.807, 2.05) is 42.5 Å². The number of nitrogens with one attached hydrogen (secondary N) is 2. The molecule has 0 saturated heterocycles. The predicted molar refractivity (Wildman–Crippen MR) is 102 cm³/mol.